The van der Waals surface area contributed by atoms with Gasteiger partial charge in [0, 0.05) is 12.2 Å². The van der Waals surface area contributed by atoms with Crippen LogP contribution in [0.5, 0.6) is 0 Å². The van der Waals surface area contributed by atoms with E-state index >= 15 is 0 Å². The first-order chi connectivity index (χ1) is 18.9. The summed E-state index contributed by atoms with van der Waals surface area (Å²) in [5, 5.41) is 12.4. The molecule has 0 saturated heterocycles. The molecule has 5 nitrogen and oxygen atoms in total. The van der Waals surface area contributed by atoms with Gasteiger partial charge in [-0.2, -0.15) is 11.8 Å². The Bertz CT molecular complexity index is 1150. The van der Waals surface area contributed by atoms with Gasteiger partial charge in [0.1, 0.15) is 6.04 Å². The SMILES string of the molecule is CSCC[C@H](NC(=O)c1ccc(COCCCC23CC4CC(CC(C4)C2)C3)cc1-c1ccccc1C)C(=O)O.[LiH]. The number of carbonyl (C=O) groups is 2. The molecule has 0 radical (unpaired) electrons. The van der Waals surface area contributed by atoms with Crippen LogP contribution < -0.4 is 5.32 Å². The van der Waals surface area contributed by atoms with E-state index < -0.39 is 12.0 Å². The van der Waals surface area contributed by atoms with Gasteiger partial charge in [0.05, 0.1) is 6.61 Å². The van der Waals surface area contributed by atoms with Gasteiger partial charge in [-0.1, -0.05) is 30.3 Å². The molecule has 7 heteroatoms. The summed E-state index contributed by atoms with van der Waals surface area (Å²) in [6.45, 7) is 3.30. The number of carboxylic acid groups (broad SMARTS) is 1. The van der Waals surface area contributed by atoms with Crippen molar-refractivity contribution in [1.82, 2.24) is 5.32 Å². The van der Waals surface area contributed by atoms with E-state index in [1.165, 1.54) is 44.9 Å². The van der Waals surface area contributed by atoms with Crippen molar-refractivity contribution in [3.8, 4) is 11.1 Å². The van der Waals surface area contributed by atoms with Crippen molar-refractivity contribution in [2.24, 2.45) is 23.2 Å². The number of aryl methyl sites for hydroxylation is 1. The predicted molar refractivity (Wildman–Crippen MR) is 165 cm³/mol. The van der Waals surface area contributed by atoms with Gasteiger partial charge in [0.2, 0.25) is 0 Å². The summed E-state index contributed by atoms with van der Waals surface area (Å²) >= 11 is 1.57. The van der Waals surface area contributed by atoms with Gasteiger partial charge in [-0.05, 0) is 134 Å². The summed E-state index contributed by atoms with van der Waals surface area (Å²) in [4.78, 5) is 25.0. The van der Waals surface area contributed by atoms with Crippen molar-refractivity contribution >= 4 is 42.5 Å². The Morgan fingerprint density at radius 1 is 1.05 bits per heavy atom. The summed E-state index contributed by atoms with van der Waals surface area (Å²) < 4.78 is 6.16. The first-order valence-electron chi connectivity index (χ1n) is 14.6. The third kappa shape index (κ3) is 7.37. The van der Waals surface area contributed by atoms with E-state index in [-0.39, 0.29) is 24.8 Å². The summed E-state index contributed by atoms with van der Waals surface area (Å²) in [5.74, 6) is 2.27. The fourth-order valence-electron chi connectivity index (χ4n) is 8.04. The van der Waals surface area contributed by atoms with Gasteiger partial charge in [0.15, 0.2) is 0 Å². The molecule has 4 saturated carbocycles. The number of hydrogen-bond acceptors (Lipinski definition) is 4. The van der Waals surface area contributed by atoms with Crippen molar-refractivity contribution in [2.75, 3.05) is 18.6 Å². The molecule has 0 unspecified atom stereocenters. The molecule has 1 amide bonds. The molecule has 4 aliphatic rings. The minimum atomic E-state index is -1.01. The average Bonchev–Trinajstić information content (AvgIpc) is 2.90. The number of carboxylic acids is 1. The van der Waals surface area contributed by atoms with Crippen molar-refractivity contribution < 1.29 is 19.4 Å². The molecule has 4 bridgehead atoms. The molecule has 0 aromatic heterocycles. The molecule has 2 aromatic rings. The molecule has 2 N–H and O–H groups in total. The van der Waals surface area contributed by atoms with Crippen molar-refractivity contribution in [3.63, 3.8) is 0 Å². The van der Waals surface area contributed by atoms with Crippen LogP contribution in [-0.2, 0) is 16.1 Å². The van der Waals surface area contributed by atoms with Crippen LogP contribution in [0, 0.1) is 30.1 Å². The second-order valence-corrected chi connectivity index (χ2v) is 13.4. The summed E-state index contributed by atoms with van der Waals surface area (Å²) in [6, 6.07) is 12.9. The molecule has 40 heavy (non-hydrogen) atoms. The van der Waals surface area contributed by atoms with Crippen LogP contribution in [0.1, 0.15) is 79.3 Å². The maximum atomic E-state index is 13.3. The summed E-state index contributed by atoms with van der Waals surface area (Å²) in [6.07, 6.45) is 13.5. The molecule has 4 aliphatic carbocycles. The first-order valence-corrected chi connectivity index (χ1v) is 16.0. The van der Waals surface area contributed by atoms with Crippen LogP contribution in [0.4, 0.5) is 0 Å². The van der Waals surface area contributed by atoms with Crippen molar-refractivity contribution in [2.45, 2.75) is 77.4 Å². The molecule has 0 heterocycles. The van der Waals surface area contributed by atoms with Crippen molar-refractivity contribution in [1.29, 1.82) is 0 Å². The van der Waals surface area contributed by atoms with Gasteiger partial charge < -0.3 is 15.2 Å². The fourth-order valence-corrected chi connectivity index (χ4v) is 8.51. The number of benzene rings is 2. The Balaban J connectivity index is 0.00000370. The number of thioether (sulfide) groups is 1. The number of rotatable bonds is 13. The van der Waals surface area contributed by atoms with E-state index in [0.29, 0.717) is 29.8 Å². The Labute approximate surface area is 255 Å². The fraction of sp³-hybridized carbons (Fsp3) is 0.576. The molecule has 4 fully saturated rings. The van der Waals surface area contributed by atoms with Gasteiger partial charge >= 0.3 is 24.8 Å². The number of aliphatic carboxylic acids is 1. The molecular formula is C33H44LiNO4S. The van der Waals surface area contributed by atoms with Crippen LogP contribution in [-0.4, -0.2) is 60.5 Å². The molecule has 2 aromatic carbocycles. The first kappa shape index (κ1) is 31.2. The molecule has 0 spiro atoms. The second-order valence-electron chi connectivity index (χ2n) is 12.4. The summed E-state index contributed by atoms with van der Waals surface area (Å²) in [7, 11) is 0. The third-order valence-corrected chi connectivity index (χ3v) is 10.1. The van der Waals surface area contributed by atoms with Gasteiger partial charge in [-0.15, -0.1) is 0 Å². The zero-order chi connectivity index (χ0) is 27.4. The average molecular weight is 558 g/mol. The van der Waals surface area contributed by atoms with E-state index in [4.69, 9.17) is 4.74 Å². The topological polar surface area (TPSA) is 75.6 Å². The number of amides is 1. The van der Waals surface area contributed by atoms with Crippen LogP contribution in [0.3, 0.4) is 0 Å². The Kier molecular flexibility index (Phi) is 10.9. The maximum absolute atomic E-state index is 13.3. The van der Waals surface area contributed by atoms with E-state index in [0.717, 1.165) is 53.0 Å². The van der Waals surface area contributed by atoms with E-state index in [1.54, 1.807) is 11.8 Å². The Hall–Kier alpha value is -1.71. The normalized spacial score (nSPS) is 25.3. The molecular weight excluding hydrogens is 513 g/mol. The standard InChI is InChI=1S/C33H43NO4S.Li.H/c1-22-6-3-4-7-27(22)29-17-23(8-9-28(29)31(35)34-30(32(36)37)10-13-39-2)21-38-12-5-11-33-18-24-14-25(19-33)16-26(15-24)20-33;;/h3-4,6-9,17,24-26,30H,5,10-16,18-21H2,1-2H3,(H,34,35)(H,36,37);;/t24?,25?,26?,30-,33?;;/m0../s1. The molecule has 1 atom stereocenters. The second kappa shape index (κ2) is 14.0. The number of ether oxygens (including phenoxy) is 1. The molecule has 212 valence electrons. The van der Waals surface area contributed by atoms with E-state index in [9.17, 15) is 14.7 Å². The molecule has 6 rings (SSSR count). The molecule has 0 aliphatic heterocycles. The van der Waals surface area contributed by atoms with Crippen molar-refractivity contribution in [3.05, 3.63) is 59.2 Å². The Morgan fingerprint density at radius 3 is 2.35 bits per heavy atom. The van der Waals surface area contributed by atoms with Crippen LogP contribution in [0.25, 0.3) is 11.1 Å². The zero-order valence-corrected chi connectivity index (χ0v) is 24.2. The van der Waals surface area contributed by atoms with Gasteiger partial charge in [-0.3, -0.25) is 4.79 Å². The quantitative estimate of drug-likeness (QED) is 0.218. The van der Waals surface area contributed by atoms with Crippen LogP contribution in [0.2, 0.25) is 0 Å². The number of carbonyl (C=O) groups excluding carboxylic acids is 1. The minimum absolute atomic E-state index is 0. The van der Waals surface area contributed by atoms with Gasteiger partial charge in [-0.25, -0.2) is 4.79 Å². The van der Waals surface area contributed by atoms with E-state index in [1.807, 2.05) is 55.6 Å². The van der Waals surface area contributed by atoms with E-state index in [2.05, 4.69) is 5.32 Å². The van der Waals surface area contributed by atoms with Gasteiger partial charge in [0.25, 0.3) is 5.91 Å². The zero-order valence-electron chi connectivity index (χ0n) is 23.4. The monoisotopic (exact) mass is 557 g/mol. The summed E-state index contributed by atoms with van der Waals surface area (Å²) in [5.41, 5.74) is 4.96. The Morgan fingerprint density at radius 2 is 1.73 bits per heavy atom. The van der Waals surface area contributed by atoms with Crippen LogP contribution >= 0.6 is 11.8 Å². The predicted octanol–water partition coefficient (Wildman–Crippen LogP) is 6.46. The third-order valence-electron chi connectivity index (χ3n) is 9.41. The van der Waals surface area contributed by atoms with Crippen LogP contribution in [0.15, 0.2) is 42.5 Å². The number of nitrogens with one attached hydrogen (secondary N) is 1. The number of hydrogen-bond donors (Lipinski definition) is 2.